The van der Waals surface area contributed by atoms with Crippen LogP contribution in [-0.4, -0.2) is 76.6 Å². The summed E-state index contributed by atoms with van der Waals surface area (Å²) in [7, 11) is 0. The predicted molar refractivity (Wildman–Crippen MR) is 54.7 cm³/mol. The quantitative estimate of drug-likeness (QED) is 0.407. The molecule has 0 amide bonds. The average Bonchev–Trinajstić information content (AvgIpc) is 2.48. The van der Waals surface area contributed by atoms with E-state index in [4.69, 9.17) is 15.3 Å². The summed E-state index contributed by atoms with van der Waals surface area (Å²) in [6.45, 7) is 0. The van der Waals surface area contributed by atoms with Crippen LogP contribution in [0.1, 0.15) is 0 Å². The van der Waals surface area contributed by atoms with Crippen molar-refractivity contribution < 1.29 is 68.0 Å². The minimum Gasteiger partial charge on any atom is -0.339 e. The summed E-state index contributed by atoms with van der Waals surface area (Å²) >= 11 is 0. The van der Waals surface area contributed by atoms with Gasteiger partial charge in [-0.25, -0.2) is 35.1 Å². The molecule has 0 aromatic rings. The van der Waals surface area contributed by atoms with Gasteiger partial charge >= 0.3 is 17.8 Å². The molecule has 0 aliphatic carbocycles. The Morgan fingerprint density at radius 3 is 1.16 bits per heavy atom. The summed E-state index contributed by atoms with van der Waals surface area (Å²) in [5.74, 6) is -18.8. The lowest BCUT2D eigenvalue weighted by Gasteiger charge is -2.35. The van der Waals surface area contributed by atoms with E-state index >= 15 is 0 Å². The average molecular weight is 406 g/mol. The highest BCUT2D eigenvalue weighted by atomic mass is 19.3. The first-order chi connectivity index (χ1) is 10.9. The summed E-state index contributed by atoms with van der Waals surface area (Å²) in [6.07, 6.45) is -31.1. The molecule has 0 fully saturated rings. The summed E-state index contributed by atoms with van der Waals surface area (Å²) < 4.78 is 153. The van der Waals surface area contributed by atoms with Gasteiger partial charge in [0.1, 0.15) is 0 Å². The smallest absolute Gasteiger partial charge is 0.339 e. The molecule has 25 heavy (non-hydrogen) atoms. The molecule has 3 nitrogen and oxygen atoms in total. The molecule has 152 valence electrons. The van der Waals surface area contributed by atoms with Crippen molar-refractivity contribution in [3.63, 3.8) is 0 Å². The lowest BCUT2D eigenvalue weighted by atomic mass is 9.95. The van der Waals surface area contributed by atoms with E-state index in [0.717, 1.165) is 0 Å². The van der Waals surface area contributed by atoms with Gasteiger partial charge in [0.2, 0.25) is 6.17 Å². The van der Waals surface area contributed by atoms with Crippen molar-refractivity contribution in [1.82, 2.24) is 0 Å². The highest BCUT2D eigenvalue weighted by molar-refractivity contribution is 5.01. The van der Waals surface area contributed by atoms with E-state index in [1.807, 2.05) is 0 Å². The molecule has 6 unspecified atom stereocenters. The van der Waals surface area contributed by atoms with E-state index in [2.05, 4.69) is 0 Å². The van der Waals surface area contributed by atoms with Gasteiger partial charge in [-0.3, -0.25) is 0 Å². The van der Waals surface area contributed by atoms with Gasteiger partial charge in [-0.05, 0) is 0 Å². The molecule has 0 aromatic heterocycles. The third kappa shape index (κ3) is 4.61. The van der Waals surface area contributed by atoms with Crippen molar-refractivity contribution in [3.8, 4) is 0 Å². The molecule has 15 heteroatoms. The molecule has 0 spiro atoms. The molecule has 0 aromatic carbocycles. The minimum absolute atomic E-state index is 4.07. The van der Waals surface area contributed by atoms with Crippen LogP contribution in [0.5, 0.6) is 0 Å². The van der Waals surface area contributed by atoms with E-state index in [-0.39, 0.29) is 0 Å². The zero-order chi connectivity index (χ0) is 20.5. The topological polar surface area (TPSA) is 60.7 Å². The number of alkyl halides is 12. The molecule has 0 heterocycles. The number of halogens is 12. The predicted octanol–water partition coefficient (Wildman–Crippen LogP) is 2.18. The van der Waals surface area contributed by atoms with Gasteiger partial charge in [-0.2, -0.15) is 17.6 Å². The molecule has 0 bridgehead atoms. The summed E-state index contributed by atoms with van der Waals surface area (Å²) in [4.78, 5) is 0. The highest BCUT2D eigenvalue weighted by Gasteiger charge is 2.74. The summed E-state index contributed by atoms with van der Waals surface area (Å²) in [5.41, 5.74) is 0. The Kier molecular flexibility index (Phi) is 7.44. The molecule has 0 aliphatic rings. The van der Waals surface area contributed by atoms with Crippen molar-refractivity contribution in [1.29, 1.82) is 0 Å². The lowest BCUT2D eigenvalue weighted by molar-refractivity contribution is -0.452. The second kappa shape index (κ2) is 7.73. The fourth-order valence-electron chi connectivity index (χ4n) is 1.42. The third-order valence-corrected chi connectivity index (χ3v) is 2.92. The van der Waals surface area contributed by atoms with Gasteiger partial charge in [0.05, 0.1) is 0 Å². The minimum atomic E-state index is -6.60. The molecule has 3 N–H and O–H groups in total. The summed E-state index contributed by atoms with van der Waals surface area (Å²) in [5, 5.41) is 24.0. The molecule has 0 radical (unpaired) electrons. The molecule has 0 aliphatic heterocycles. The zero-order valence-electron chi connectivity index (χ0n) is 11.4. The Morgan fingerprint density at radius 2 is 0.840 bits per heavy atom. The fourth-order valence-corrected chi connectivity index (χ4v) is 1.42. The Labute approximate surface area is 130 Å². The molecular formula is C10H10F12O3. The number of aliphatic hydroxyl groups is 3. The second-order valence-electron chi connectivity index (χ2n) is 4.79. The van der Waals surface area contributed by atoms with Gasteiger partial charge in [0.15, 0.2) is 30.9 Å². The summed E-state index contributed by atoms with van der Waals surface area (Å²) in [6, 6.07) is 0. The normalized spacial score (nSPS) is 21.6. The Balaban J connectivity index is 5.42. The highest BCUT2D eigenvalue weighted by Crippen LogP contribution is 2.46. The zero-order valence-corrected chi connectivity index (χ0v) is 11.4. The molecule has 0 rings (SSSR count). The van der Waals surface area contributed by atoms with Gasteiger partial charge < -0.3 is 15.3 Å². The third-order valence-electron chi connectivity index (χ3n) is 2.92. The molecule has 0 saturated heterocycles. The van der Waals surface area contributed by atoms with Crippen LogP contribution in [0.3, 0.4) is 0 Å². The van der Waals surface area contributed by atoms with Gasteiger partial charge in [-0.15, -0.1) is 0 Å². The van der Waals surface area contributed by atoms with Crippen LogP contribution in [0, 0.1) is 0 Å². The molecule has 0 saturated carbocycles. The maximum Gasteiger partial charge on any atom is 0.392 e. The van der Waals surface area contributed by atoms with Gasteiger partial charge in [0.25, 0.3) is 6.43 Å². The number of hydrogen-bond donors (Lipinski definition) is 3. The second-order valence-corrected chi connectivity index (χ2v) is 4.79. The van der Waals surface area contributed by atoms with Crippen LogP contribution in [0.4, 0.5) is 52.7 Å². The van der Waals surface area contributed by atoms with Gasteiger partial charge in [-0.1, -0.05) is 0 Å². The van der Waals surface area contributed by atoms with Crippen LogP contribution >= 0.6 is 0 Å². The Hall–Kier alpha value is -0.960. The number of hydrogen-bond acceptors (Lipinski definition) is 3. The Bertz CT molecular complexity index is 428. The van der Waals surface area contributed by atoms with E-state index in [9.17, 15) is 52.7 Å². The first kappa shape index (κ1) is 24.0. The monoisotopic (exact) mass is 406 g/mol. The SMILES string of the molecule is OC(O)(O)C(F)(F)C(F)(F)C(F)C(F)C(F)C(F)C(F)C(F)C(F)F. The standard InChI is InChI=1S/C10H10F12O3/c11-1(3(13)5(15)7(17)18)2(12)4(14)6(16)8(19,20)9(21,22)10(23,24)25/h1-7,23-25H. The van der Waals surface area contributed by atoms with E-state index in [1.165, 1.54) is 0 Å². The van der Waals surface area contributed by atoms with E-state index in [1.54, 1.807) is 0 Å². The van der Waals surface area contributed by atoms with Crippen LogP contribution in [-0.2, 0) is 0 Å². The Morgan fingerprint density at radius 1 is 0.520 bits per heavy atom. The largest absolute Gasteiger partial charge is 0.392 e. The van der Waals surface area contributed by atoms with Crippen LogP contribution in [0.15, 0.2) is 0 Å². The molecule has 6 atom stereocenters. The van der Waals surface area contributed by atoms with Crippen molar-refractivity contribution in [2.75, 3.05) is 0 Å². The van der Waals surface area contributed by atoms with Crippen LogP contribution < -0.4 is 0 Å². The molecular weight excluding hydrogens is 396 g/mol. The van der Waals surface area contributed by atoms with Crippen molar-refractivity contribution in [2.24, 2.45) is 0 Å². The van der Waals surface area contributed by atoms with Crippen LogP contribution in [0.25, 0.3) is 0 Å². The van der Waals surface area contributed by atoms with Crippen molar-refractivity contribution in [3.05, 3.63) is 0 Å². The van der Waals surface area contributed by atoms with E-state index in [0.29, 0.717) is 0 Å². The van der Waals surface area contributed by atoms with Gasteiger partial charge in [0, 0.05) is 0 Å². The fraction of sp³-hybridized carbons (Fsp3) is 1.00. The maximum atomic E-state index is 13.2. The first-order valence-electron chi connectivity index (χ1n) is 5.96. The van der Waals surface area contributed by atoms with E-state index < -0.39 is 61.3 Å². The van der Waals surface area contributed by atoms with Crippen molar-refractivity contribution in [2.45, 2.75) is 61.3 Å². The van der Waals surface area contributed by atoms with Crippen molar-refractivity contribution >= 4 is 0 Å². The number of rotatable bonds is 9. The maximum absolute atomic E-state index is 13.2. The first-order valence-corrected chi connectivity index (χ1v) is 5.96. The lowest BCUT2D eigenvalue weighted by Crippen LogP contribution is -2.64. The van der Waals surface area contributed by atoms with Crippen LogP contribution in [0.2, 0.25) is 0 Å².